The maximum Gasteiger partial charge on any atom is 0.187 e. The molecule has 0 atom stereocenters. The average molecular weight is 363 g/mol. The van der Waals surface area contributed by atoms with E-state index in [1.165, 1.54) is 0 Å². The van der Waals surface area contributed by atoms with E-state index in [0.717, 1.165) is 28.5 Å². The Bertz CT molecular complexity index is 1010. The largest absolute Gasteiger partial charge is 0.497 e. The highest BCUT2D eigenvalue weighted by Crippen LogP contribution is 2.29. The van der Waals surface area contributed by atoms with Crippen molar-refractivity contribution in [2.45, 2.75) is 0 Å². The van der Waals surface area contributed by atoms with Crippen molar-refractivity contribution >= 4 is 11.6 Å². The minimum absolute atomic E-state index is 0.666. The van der Waals surface area contributed by atoms with Crippen LogP contribution in [0.25, 0.3) is 28.6 Å². The van der Waals surface area contributed by atoms with Crippen molar-refractivity contribution in [1.82, 2.24) is 19.7 Å². The van der Waals surface area contributed by atoms with Crippen LogP contribution in [0.5, 0.6) is 5.75 Å². The summed E-state index contributed by atoms with van der Waals surface area (Å²) >= 11 is 6.05. The van der Waals surface area contributed by atoms with Gasteiger partial charge >= 0.3 is 0 Å². The summed E-state index contributed by atoms with van der Waals surface area (Å²) in [7, 11) is 1.64. The van der Waals surface area contributed by atoms with Crippen LogP contribution in [-0.2, 0) is 0 Å². The minimum atomic E-state index is 0.666. The zero-order valence-electron chi connectivity index (χ0n) is 14.0. The predicted octanol–water partition coefficient (Wildman–Crippen LogP) is 4.66. The molecule has 0 amide bonds. The number of methoxy groups -OCH3 is 1. The molecule has 0 radical (unpaired) electrons. The summed E-state index contributed by atoms with van der Waals surface area (Å²) in [6.45, 7) is 0. The number of ether oxygens (including phenoxy) is 1. The van der Waals surface area contributed by atoms with Gasteiger partial charge in [0.2, 0.25) is 0 Å². The third-order valence-corrected chi connectivity index (χ3v) is 4.24. The van der Waals surface area contributed by atoms with Gasteiger partial charge in [-0.25, -0.2) is 0 Å². The van der Waals surface area contributed by atoms with E-state index in [9.17, 15) is 0 Å². The summed E-state index contributed by atoms with van der Waals surface area (Å²) < 4.78 is 7.21. The predicted molar refractivity (Wildman–Crippen MR) is 102 cm³/mol. The molecule has 2 heterocycles. The summed E-state index contributed by atoms with van der Waals surface area (Å²) in [5.41, 5.74) is 2.58. The van der Waals surface area contributed by atoms with Crippen LogP contribution in [0.4, 0.5) is 0 Å². The van der Waals surface area contributed by atoms with Crippen LogP contribution in [0.1, 0.15) is 0 Å². The van der Waals surface area contributed by atoms with Crippen molar-refractivity contribution in [1.29, 1.82) is 0 Å². The second kappa shape index (κ2) is 6.98. The zero-order valence-corrected chi connectivity index (χ0v) is 14.8. The quantitative estimate of drug-likeness (QED) is 0.530. The number of rotatable bonds is 4. The van der Waals surface area contributed by atoms with E-state index < -0.39 is 0 Å². The van der Waals surface area contributed by atoms with Crippen LogP contribution >= 0.6 is 11.6 Å². The lowest BCUT2D eigenvalue weighted by Gasteiger charge is -2.11. The molecule has 26 heavy (non-hydrogen) atoms. The molecule has 4 aromatic rings. The van der Waals surface area contributed by atoms with Crippen molar-refractivity contribution in [2.75, 3.05) is 7.11 Å². The first-order valence-corrected chi connectivity index (χ1v) is 8.41. The van der Waals surface area contributed by atoms with Gasteiger partial charge in [-0.05, 0) is 60.7 Å². The lowest BCUT2D eigenvalue weighted by atomic mass is 10.2. The normalized spacial score (nSPS) is 10.7. The third kappa shape index (κ3) is 3.05. The van der Waals surface area contributed by atoms with Gasteiger partial charge in [0, 0.05) is 22.5 Å². The number of halogens is 1. The number of benzene rings is 2. The lowest BCUT2D eigenvalue weighted by molar-refractivity contribution is 0.415. The Labute approximate surface area is 155 Å². The van der Waals surface area contributed by atoms with Crippen LogP contribution in [0.15, 0.2) is 72.9 Å². The lowest BCUT2D eigenvalue weighted by Crippen LogP contribution is -2.01. The monoisotopic (exact) mass is 362 g/mol. The van der Waals surface area contributed by atoms with E-state index in [1.54, 1.807) is 13.3 Å². The molecule has 0 spiro atoms. The minimum Gasteiger partial charge on any atom is -0.497 e. The van der Waals surface area contributed by atoms with Gasteiger partial charge < -0.3 is 4.74 Å². The van der Waals surface area contributed by atoms with Gasteiger partial charge in [0.15, 0.2) is 11.6 Å². The van der Waals surface area contributed by atoms with Crippen molar-refractivity contribution in [3.8, 4) is 34.3 Å². The smallest absolute Gasteiger partial charge is 0.187 e. The Morgan fingerprint density at radius 3 is 2.23 bits per heavy atom. The molecule has 0 aliphatic heterocycles. The number of nitrogens with zero attached hydrogens (tertiary/aromatic N) is 4. The van der Waals surface area contributed by atoms with E-state index in [2.05, 4.69) is 15.2 Å². The van der Waals surface area contributed by atoms with Crippen molar-refractivity contribution < 1.29 is 4.74 Å². The van der Waals surface area contributed by atoms with Crippen LogP contribution in [0.3, 0.4) is 0 Å². The van der Waals surface area contributed by atoms with Crippen LogP contribution in [0.2, 0.25) is 5.02 Å². The van der Waals surface area contributed by atoms with Crippen LogP contribution < -0.4 is 4.74 Å². The first-order valence-electron chi connectivity index (χ1n) is 8.03. The average Bonchev–Trinajstić information content (AvgIpc) is 3.14. The number of pyridine rings is 1. The van der Waals surface area contributed by atoms with E-state index in [-0.39, 0.29) is 0 Å². The Morgan fingerprint density at radius 1 is 0.846 bits per heavy atom. The van der Waals surface area contributed by atoms with Crippen molar-refractivity contribution in [2.24, 2.45) is 0 Å². The van der Waals surface area contributed by atoms with Gasteiger partial charge in [-0.2, -0.15) is 0 Å². The molecule has 0 saturated heterocycles. The molecule has 4 rings (SSSR count). The summed E-state index contributed by atoms with van der Waals surface area (Å²) in [6, 6.07) is 21.0. The second-order valence-corrected chi connectivity index (χ2v) is 6.04. The molecule has 2 aromatic heterocycles. The molecule has 0 bridgehead atoms. The molecule has 5 nitrogen and oxygen atoms in total. The van der Waals surface area contributed by atoms with Gasteiger partial charge in [0.1, 0.15) is 11.4 Å². The molecule has 128 valence electrons. The fourth-order valence-electron chi connectivity index (χ4n) is 2.71. The maximum atomic E-state index is 6.05. The fraction of sp³-hybridized carbons (Fsp3) is 0.0500. The molecular weight excluding hydrogens is 348 g/mol. The van der Waals surface area contributed by atoms with Crippen LogP contribution in [-0.4, -0.2) is 26.9 Å². The topological polar surface area (TPSA) is 52.8 Å². The van der Waals surface area contributed by atoms with Crippen molar-refractivity contribution in [3.63, 3.8) is 0 Å². The first-order chi connectivity index (χ1) is 12.8. The third-order valence-electron chi connectivity index (χ3n) is 3.99. The molecule has 0 unspecified atom stereocenters. The molecule has 0 N–H and O–H groups in total. The summed E-state index contributed by atoms with van der Waals surface area (Å²) in [5, 5.41) is 9.48. The zero-order chi connectivity index (χ0) is 17.9. The van der Waals surface area contributed by atoms with E-state index in [0.29, 0.717) is 10.8 Å². The standard InChI is InChI=1S/C20H15ClN4O/c1-26-17-11-5-14(6-12-17)19-23-24-20(18-4-2-3-13-22-18)25(19)16-9-7-15(21)8-10-16/h2-13H,1H3. The number of hydrogen-bond acceptors (Lipinski definition) is 4. The Hall–Kier alpha value is -3.18. The molecule has 0 aliphatic rings. The van der Waals surface area contributed by atoms with Gasteiger partial charge in [0.05, 0.1) is 7.11 Å². The highest BCUT2D eigenvalue weighted by atomic mass is 35.5. The van der Waals surface area contributed by atoms with Crippen molar-refractivity contribution in [3.05, 3.63) is 77.9 Å². The second-order valence-electron chi connectivity index (χ2n) is 5.60. The SMILES string of the molecule is COc1ccc(-c2nnc(-c3ccccn3)n2-c2ccc(Cl)cc2)cc1. The fourth-order valence-corrected chi connectivity index (χ4v) is 2.83. The summed E-state index contributed by atoms with van der Waals surface area (Å²) in [4.78, 5) is 4.42. The van der Waals surface area contributed by atoms with Gasteiger partial charge in [-0.3, -0.25) is 9.55 Å². The Morgan fingerprint density at radius 2 is 1.58 bits per heavy atom. The molecule has 0 saturated carbocycles. The Balaban J connectivity index is 1.91. The highest BCUT2D eigenvalue weighted by Gasteiger charge is 2.17. The molecule has 0 fully saturated rings. The first kappa shape index (κ1) is 16.3. The molecule has 2 aromatic carbocycles. The maximum absolute atomic E-state index is 6.05. The number of aromatic nitrogens is 4. The molecule has 6 heteroatoms. The van der Waals surface area contributed by atoms with Gasteiger partial charge in [0.25, 0.3) is 0 Å². The summed E-state index contributed by atoms with van der Waals surface area (Å²) in [5.74, 6) is 2.17. The summed E-state index contributed by atoms with van der Waals surface area (Å²) in [6.07, 6.45) is 1.74. The molecular formula is C20H15ClN4O. The van der Waals surface area contributed by atoms with Crippen LogP contribution in [0, 0.1) is 0 Å². The Kier molecular flexibility index (Phi) is 4.37. The molecule has 0 aliphatic carbocycles. The van der Waals surface area contributed by atoms with E-state index in [4.69, 9.17) is 16.3 Å². The highest BCUT2D eigenvalue weighted by molar-refractivity contribution is 6.30. The van der Waals surface area contributed by atoms with E-state index >= 15 is 0 Å². The van der Waals surface area contributed by atoms with Gasteiger partial charge in [-0.15, -0.1) is 10.2 Å². The van der Waals surface area contributed by atoms with E-state index in [1.807, 2.05) is 71.3 Å². The number of hydrogen-bond donors (Lipinski definition) is 0. The van der Waals surface area contributed by atoms with Gasteiger partial charge in [-0.1, -0.05) is 17.7 Å².